The van der Waals surface area contributed by atoms with Crippen LogP contribution in [-0.2, 0) is 21.4 Å². The van der Waals surface area contributed by atoms with Crippen molar-refractivity contribution >= 4 is 16.0 Å². The van der Waals surface area contributed by atoms with E-state index in [1.165, 1.54) is 18.2 Å². The normalized spacial score (nSPS) is 19.5. The summed E-state index contributed by atoms with van der Waals surface area (Å²) in [6.45, 7) is 3.71. The number of carboxylic acids is 1. The Hall–Kier alpha value is -3.69. The first-order chi connectivity index (χ1) is 16.7. The Morgan fingerprint density at radius 2 is 1.86 bits per heavy atom. The van der Waals surface area contributed by atoms with Gasteiger partial charge in [-0.2, -0.15) is 4.72 Å². The Labute approximate surface area is 204 Å². The highest BCUT2D eigenvalue weighted by Crippen LogP contribution is 2.31. The molecule has 2 aromatic carbocycles. The van der Waals surface area contributed by atoms with Crippen LogP contribution in [0, 0.1) is 12.8 Å². The van der Waals surface area contributed by atoms with Crippen molar-refractivity contribution in [1.82, 2.24) is 9.71 Å². The number of benzene rings is 2. The molecule has 4 rings (SSSR count). The number of oxazole rings is 1. The van der Waals surface area contributed by atoms with E-state index in [0.29, 0.717) is 23.1 Å². The average Bonchev–Trinajstić information content (AvgIpc) is 3.24. The lowest BCUT2D eigenvalue weighted by Gasteiger charge is -2.36. The molecule has 8 nitrogen and oxygen atoms in total. The van der Waals surface area contributed by atoms with E-state index in [1.807, 2.05) is 37.3 Å². The van der Waals surface area contributed by atoms with Gasteiger partial charge in [-0.25, -0.2) is 13.4 Å². The van der Waals surface area contributed by atoms with Gasteiger partial charge in [0.15, 0.2) is 0 Å². The van der Waals surface area contributed by atoms with E-state index in [9.17, 15) is 18.3 Å². The summed E-state index contributed by atoms with van der Waals surface area (Å²) in [6.07, 6.45) is 6.60. The summed E-state index contributed by atoms with van der Waals surface area (Å²) in [6, 6.07) is 15.5. The number of nitrogens with zero attached hydrogens (tertiary/aromatic N) is 1. The number of allylic oxidation sites excluding steroid dienone is 2. The molecule has 3 aromatic rings. The molecule has 1 aliphatic rings. The predicted molar refractivity (Wildman–Crippen MR) is 130 cm³/mol. The number of aliphatic carboxylic acids is 1. The Morgan fingerprint density at radius 3 is 2.51 bits per heavy atom. The van der Waals surface area contributed by atoms with E-state index in [4.69, 9.17) is 9.15 Å². The van der Waals surface area contributed by atoms with Crippen LogP contribution in [0.2, 0.25) is 0 Å². The molecule has 1 aromatic heterocycles. The fourth-order valence-corrected chi connectivity index (χ4v) is 5.38. The standard InChI is InChI=1S/C26H26N2O6S/c1-3-26(16-8-7-11-22(26)25(29)30)28-35(31,32)21-14-12-20(13-15-21)33-17-23-18(2)34-24(27-23)19-9-5-4-6-10-19/h4-16,22,28H,3,17H2,1-2H3,(H,29,30). The van der Waals surface area contributed by atoms with E-state index < -0.39 is 27.4 Å². The van der Waals surface area contributed by atoms with Gasteiger partial charge in [-0.15, -0.1) is 0 Å². The van der Waals surface area contributed by atoms with Gasteiger partial charge in [-0.05, 0) is 49.7 Å². The maximum absolute atomic E-state index is 13.1. The first kappa shape index (κ1) is 24.4. The van der Waals surface area contributed by atoms with E-state index in [-0.39, 0.29) is 17.9 Å². The number of hydrogen-bond donors (Lipinski definition) is 2. The SMILES string of the molecule is CCC1(NS(=O)(=O)c2ccc(OCc3nc(-c4ccccc4)oc3C)cc2)C=CC=CC1C(=O)O. The van der Waals surface area contributed by atoms with Crippen LogP contribution >= 0.6 is 0 Å². The van der Waals surface area contributed by atoms with Gasteiger partial charge >= 0.3 is 5.97 Å². The molecule has 1 heterocycles. The van der Waals surface area contributed by atoms with E-state index >= 15 is 0 Å². The molecule has 0 fully saturated rings. The molecule has 0 bridgehead atoms. The van der Waals surface area contributed by atoms with Crippen LogP contribution in [0.15, 0.2) is 88.2 Å². The Balaban J connectivity index is 1.46. The zero-order valence-corrected chi connectivity index (χ0v) is 20.2. The molecule has 9 heteroatoms. The minimum atomic E-state index is -4.00. The van der Waals surface area contributed by atoms with Gasteiger partial charge in [-0.3, -0.25) is 4.79 Å². The van der Waals surface area contributed by atoms with Gasteiger partial charge in [0.2, 0.25) is 15.9 Å². The molecular weight excluding hydrogens is 468 g/mol. The number of aryl methyl sites for hydroxylation is 1. The summed E-state index contributed by atoms with van der Waals surface area (Å²) in [4.78, 5) is 16.2. The third kappa shape index (κ3) is 5.21. The Kier molecular flexibility index (Phi) is 6.90. The van der Waals surface area contributed by atoms with Crippen molar-refractivity contribution in [2.24, 2.45) is 5.92 Å². The smallest absolute Gasteiger partial charge is 0.312 e. The van der Waals surface area contributed by atoms with Crippen LogP contribution < -0.4 is 9.46 Å². The molecule has 2 atom stereocenters. The molecule has 2 unspecified atom stereocenters. The van der Waals surface area contributed by atoms with Crippen LogP contribution in [0.1, 0.15) is 24.8 Å². The monoisotopic (exact) mass is 494 g/mol. The highest BCUT2D eigenvalue weighted by Gasteiger charge is 2.42. The van der Waals surface area contributed by atoms with Crippen LogP contribution in [0.25, 0.3) is 11.5 Å². The highest BCUT2D eigenvalue weighted by molar-refractivity contribution is 7.89. The molecule has 35 heavy (non-hydrogen) atoms. The summed E-state index contributed by atoms with van der Waals surface area (Å²) in [5.41, 5.74) is 0.251. The van der Waals surface area contributed by atoms with Crippen molar-refractivity contribution in [2.45, 2.75) is 37.3 Å². The van der Waals surface area contributed by atoms with Crippen molar-refractivity contribution in [2.75, 3.05) is 0 Å². The van der Waals surface area contributed by atoms with Crippen molar-refractivity contribution in [3.05, 3.63) is 90.4 Å². The number of hydrogen-bond acceptors (Lipinski definition) is 6. The topological polar surface area (TPSA) is 119 Å². The van der Waals surface area contributed by atoms with Crippen molar-refractivity contribution in [3.63, 3.8) is 0 Å². The maximum atomic E-state index is 13.1. The first-order valence-electron chi connectivity index (χ1n) is 11.1. The molecular formula is C26H26N2O6S. The third-order valence-electron chi connectivity index (χ3n) is 5.96. The van der Waals surface area contributed by atoms with Gasteiger partial charge in [0, 0.05) is 5.56 Å². The van der Waals surface area contributed by atoms with Gasteiger partial charge in [0.05, 0.1) is 16.4 Å². The van der Waals surface area contributed by atoms with E-state index in [0.717, 1.165) is 5.56 Å². The van der Waals surface area contributed by atoms with Gasteiger partial charge in [-0.1, -0.05) is 49.4 Å². The highest BCUT2D eigenvalue weighted by atomic mass is 32.2. The summed E-state index contributed by atoms with van der Waals surface area (Å²) < 4.78 is 40.3. The zero-order chi connectivity index (χ0) is 25.1. The van der Waals surface area contributed by atoms with E-state index in [2.05, 4.69) is 9.71 Å². The lowest BCUT2D eigenvalue weighted by Crippen LogP contribution is -2.54. The number of nitrogens with one attached hydrogen (secondary N) is 1. The largest absolute Gasteiger partial charge is 0.487 e. The minimum absolute atomic E-state index is 0.00810. The molecule has 0 spiro atoms. The molecule has 0 saturated heterocycles. The Morgan fingerprint density at radius 1 is 1.14 bits per heavy atom. The average molecular weight is 495 g/mol. The number of carbonyl (C=O) groups is 1. The zero-order valence-electron chi connectivity index (χ0n) is 19.3. The number of carboxylic acid groups (broad SMARTS) is 1. The van der Waals surface area contributed by atoms with Crippen molar-refractivity contribution in [3.8, 4) is 17.2 Å². The first-order valence-corrected chi connectivity index (χ1v) is 12.6. The summed E-state index contributed by atoms with van der Waals surface area (Å²) in [5, 5.41) is 9.60. The molecule has 0 amide bonds. The van der Waals surface area contributed by atoms with Gasteiger partial charge in [0.1, 0.15) is 23.8 Å². The predicted octanol–water partition coefficient (Wildman–Crippen LogP) is 4.48. The molecule has 0 radical (unpaired) electrons. The van der Waals surface area contributed by atoms with Crippen LogP contribution in [-0.4, -0.2) is 30.0 Å². The molecule has 1 aliphatic carbocycles. The summed E-state index contributed by atoms with van der Waals surface area (Å²) >= 11 is 0. The van der Waals surface area contributed by atoms with Crippen LogP contribution in [0.4, 0.5) is 0 Å². The summed E-state index contributed by atoms with van der Waals surface area (Å²) in [5.74, 6) is -0.509. The third-order valence-corrected chi connectivity index (χ3v) is 7.50. The van der Waals surface area contributed by atoms with E-state index in [1.54, 1.807) is 37.3 Å². The second-order valence-electron chi connectivity index (χ2n) is 8.21. The van der Waals surface area contributed by atoms with Crippen LogP contribution in [0.3, 0.4) is 0 Å². The summed E-state index contributed by atoms with van der Waals surface area (Å²) in [7, 11) is -4.00. The fraction of sp³-hybridized carbons (Fsp3) is 0.231. The van der Waals surface area contributed by atoms with Gasteiger partial charge < -0.3 is 14.3 Å². The quantitative estimate of drug-likeness (QED) is 0.450. The lowest BCUT2D eigenvalue weighted by molar-refractivity contribution is -0.141. The van der Waals surface area contributed by atoms with Crippen molar-refractivity contribution < 1.29 is 27.5 Å². The van der Waals surface area contributed by atoms with Crippen LogP contribution in [0.5, 0.6) is 5.75 Å². The molecule has 2 N–H and O–H groups in total. The number of aromatic nitrogens is 1. The Bertz CT molecular complexity index is 1360. The second kappa shape index (κ2) is 9.89. The molecule has 0 saturated carbocycles. The number of sulfonamides is 1. The fourth-order valence-electron chi connectivity index (χ4n) is 3.93. The maximum Gasteiger partial charge on any atom is 0.312 e. The number of ether oxygens (including phenoxy) is 1. The lowest BCUT2D eigenvalue weighted by atomic mass is 9.79. The molecule has 182 valence electrons. The van der Waals surface area contributed by atoms with Crippen molar-refractivity contribution in [1.29, 1.82) is 0 Å². The molecule has 0 aliphatic heterocycles. The minimum Gasteiger partial charge on any atom is -0.487 e. The number of rotatable bonds is 9. The second-order valence-corrected chi connectivity index (χ2v) is 9.89. The van der Waals surface area contributed by atoms with Gasteiger partial charge in [0.25, 0.3) is 0 Å².